The number of hydrogen-bond donors (Lipinski definition) is 2. The van der Waals surface area contributed by atoms with E-state index in [1.807, 2.05) is 0 Å². The quantitative estimate of drug-likeness (QED) is 0.123. The molecule has 0 spiro atoms. The molecule has 2 rings (SSSR count). The zero-order valence-electron chi connectivity index (χ0n) is 27.0. The number of nitrogens with zero attached hydrogens (tertiary/aromatic N) is 2. The molecule has 2 heterocycles. The Morgan fingerprint density at radius 3 is 1.07 bits per heavy atom. The Labute approximate surface area is 256 Å². The molecule has 2 aliphatic rings. The van der Waals surface area contributed by atoms with Gasteiger partial charge in [0, 0.05) is 25.9 Å². The summed E-state index contributed by atoms with van der Waals surface area (Å²) in [5.74, 6) is -1.65. The van der Waals surface area contributed by atoms with Crippen LogP contribution < -0.4 is 0 Å². The van der Waals surface area contributed by atoms with Crippen molar-refractivity contribution in [1.29, 1.82) is 0 Å². The fourth-order valence-electron chi connectivity index (χ4n) is 6.10. The summed E-state index contributed by atoms with van der Waals surface area (Å²) in [7, 11) is 0. The first-order valence-corrected chi connectivity index (χ1v) is 17.4. The smallest absolute Gasteiger partial charge is 0.326 e. The molecule has 0 radical (unpaired) electrons. The highest BCUT2D eigenvalue weighted by Crippen LogP contribution is 2.21. The summed E-state index contributed by atoms with van der Waals surface area (Å²) in [6.07, 6.45) is 26.0. The standard InChI is InChI=1S/2C17H31NO3/c2*1-2-3-4-5-6-7-8-9-10-13-16(19)18-14-11-12-15(18)17(20)21/h2*15H,2-14H2,1H3,(H,20,21)/t2*15-/m00/s1. The van der Waals surface area contributed by atoms with Crippen LogP contribution in [0.5, 0.6) is 0 Å². The average molecular weight is 595 g/mol. The highest BCUT2D eigenvalue weighted by molar-refractivity contribution is 5.84. The third-order valence-corrected chi connectivity index (χ3v) is 8.70. The Morgan fingerprint density at radius 1 is 0.500 bits per heavy atom. The molecule has 2 N–H and O–H groups in total. The first kappa shape index (κ1) is 37.9. The Balaban J connectivity index is 0.000000420. The highest BCUT2D eigenvalue weighted by atomic mass is 16.4. The fraction of sp³-hybridized carbons (Fsp3) is 0.882. The molecule has 0 bridgehead atoms. The van der Waals surface area contributed by atoms with E-state index in [4.69, 9.17) is 10.2 Å². The lowest BCUT2D eigenvalue weighted by Crippen LogP contribution is -2.40. The maximum atomic E-state index is 12.0. The molecule has 8 heteroatoms. The van der Waals surface area contributed by atoms with Crippen molar-refractivity contribution in [2.75, 3.05) is 13.1 Å². The molecule has 0 saturated carbocycles. The highest BCUT2D eigenvalue weighted by Gasteiger charge is 2.34. The van der Waals surface area contributed by atoms with Crippen LogP contribution in [0.2, 0.25) is 0 Å². The normalized spacial score (nSPS) is 18.1. The molecule has 2 atom stereocenters. The molecule has 2 aliphatic heterocycles. The second-order valence-electron chi connectivity index (χ2n) is 12.3. The van der Waals surface area contributed by atoms with Crippen LogP contribution in [0.15, 0.2) is 0 Å². The van der Waals surface area contributed by atoms with Gasteiger partial charge in [0.2, 0.25) is 11.8 Å². The molecule has 2 amide bonds. The predicted octanol–water partition coefficient (Wildman–Crippen LogP) is 7.97. The van der Waals surface area contributed by atoms with Crippen LogP contribution in [0.4, 0.5) is 0 Å². The molecule has 0 unspecified atom stereocenters. The van der Waals surface area contributed by atoms with Crippen LogP contribution >= 0.6 is 0 Å². The lowest BCUT2D eigenvalue weighted by Gasteiger charge is -2.21. The summed E-state index contributed by atoms with van der Waals surface area (Å²) in [6, 6.07) is -1.15. The SMILES string of the molecule is CCCCCCCCCCCC(=O)N1CCC[C@H]1C(=O)O.CCCCCCCCCCCC(=O)N1CCC[C@H]1C(=O)O. The third kappa shape index (κ3) is 16.5. The van der Waals surface area contributed by atoms with Gasteiger partial charge in [0.15, 0.2) is 0 Å². The molecule has 2 fully saturated rings. The summed E-state index contributed by atoms with van der Waals surface area (Å²) < 4.78 is 0. The first-order chi connectivity index (χ1) is 20.3. The summed E-state index contributed by atoms with van der Waals surface area (Å²) in [5, 5.41) is 18.1. The van der Waals surface area contributed by atoms with Crippen molar-refractivity contribution in [1.82, 2.24) is 9.80 Å². The number of unbranched alkanes of at least 4 members (excludes halogenated alkanes) is 16. The summed E-state index contributed by atoms with van der Waals surface area (Å²) in [4.78, 5) is 49.3. The molecule has 0 aromatic carbocycles. The zero-order valence-corrected chi connectivity index (χ0v) is 27.0. The topological polar surface area (TPSA) is 115 Å². The van der Waals surface area contributed by atoms with Gasteiger partial charge in [-0.05, 0) is 38.5 Å². The number of hydrogen-bond acceptors (Lipinski definition) is 4. The van der Waals surface area contributed by atoms with Gasteiger partial charge in [-0.3, -0.25) is 9.59 Å². The van der Waals surface area contributed by atoms with Gasteiger partial charge in [-0.1, -0.05) is 117 Å². The van der Waals surface area contributed by atoms with Crippen molar-refractivity contribution in [2.24, 2.45) is 0 Å². The van der Waals surface area contributed by atoms with E-state index in [9.17, 15) is 19.2 Å². The van der Waals surface area contributed by atoms with Crippen molar-refractivity contribution < 1.29 is 29.4 Å². The molecule has 0 aromatic rings. The van der Waals surface area contributed by atoms with Crippen LogP contribution in [-0.4, -0.2) is 68.9 Å². The van der Waals surface area contributed by atoms with Gasteiger partial charge in [0.1, 0.15) is 12.1 Å². The molecule has 244 valence electrons. The van der Waals surface area contributed by atoms with Gasteiger partial charge in [-0.15, -0.1) is 0 Å². The van der Waals surface area contributed by atoms with Gasteiger partial charge in [-0.2, -0.15) is 0 Å². The molecule has 42 heavy (non-hydrogen) atoms. The van der Waals surface area contributed by atoms with E-state index in [0.29, 0.717) is 38.8 Å². The lowest BCUT2D eigenvalue weighted by atomic mass is 10.1. The van der Waals surface area contributed by atoms with E-state index in [1.165, 1.54) is 89.9 Å². The van der Waals surface area contributed by atoms with Gasteiger partial charge in [0.25, 0.3) is 0 Å². The number of carboxylic acids is 2. The fourth-order valence-corrected chi connectivity index (χ4v) is 6.10. The van der Waals surface area contributed by atoms with Crippen LogP contribution in [0.1, 0.15) is 168 Å². The Morgan fingerprint density at radius 2 is 0.786 bits per heavy atom. The lowest BCUT2D eigenvalue weighted by molar-refractivity contribution is -0.148. The molecule has 0 aliphatic carbocycles. The van der Waals surface area contributed by atoms with Gasteiger partial charge < -0.3 is 20.0 Å². The molecule has 0 aromatic heterocycles. The molecule has 2 saturated heterocycles. The molecule has 8 nitrogen and oxygen atoms in total. The van der Waals surface area contributed by atoms with Crippen LogP contribution in [-0.2, 0) is 19.2 Å². The minimum Gasteiger partial charge on any atom is -0.480 e. The number of carboxylic acid groups (broad SMARTS) is 2. The first-order valence-electron chi connectivity index (χ1n) is 17.4. The van der Waals surface area contributed by atoms with Crippen molar-refractivity contribution in [2.45, 2.75) is 180 Å². The van der Waals surface area contributed by atoms with Crippen LogP contribution in [0, 0.1) is 0 Å². The van der Waals surface area contributed by atoms with Crippen molar-refractivity contribution in [3.05, 3.63) is 0 Å². The van der Waals surface area contributed by atoms with Gasteiger partial charge in [0.05, 0.1) is 0 Å². The van der Waals surface area contributed by atoms with E-state index in [-0.39, 0.29) is 11.8 Å². The van der Waals surface area contributed by atoms with E-state index in [2.05, 4.69) is 13.8 Å². The van der Waals surface area contributed by atoms with Crippen LogP contribution in [0.25, 0.3) is 0 Å². The van der Waals surface area contributed by atoms with E-state index >= 15 is 0 Å². The number of carbonyl (C=O) groups excluding carboxylic acids is 2. The van der Waals surface area contributed by atoms with Crippen LogP contribution in [0.3, 0.4) is 0 Å². The summed E-state index contributed by atoms with van der Waals surface area (Å²) in [5.41, 5.74) is 0. The largest absolute Gasteiger partial charge is 0.480 e. The summed E-state index contributed by atoms with van der Waals surface area (Å²) >= 11 is 0. The molecular weight excluding hydrogens is 532 g/mol. The average Bonchev–Trinajstić information content (AvgIpc) is 3.66. The van der Waals surface area contributed by atoms with E-state index in [0.717, 1.165) is 38.5 Å². The molecular formula is C34H62N2O6. The number of amides is 2. The number of aliphatic carboxylic acids is 2. The minimum absolute atomic E-state index is 0.0304. The number of carbonyl (C=O) groups is 4. The zero-order chi connectivity index (χ0) is 31.0. The van der Waals surface area contributed by atoms with Crippen molar-refractivity contribution >= 4 is 23.8 Å². The van der Waals surface area contributed by atoms with Crippen molar-refractivity contribution in [3.8, 4) is 0 Å². The Kier molecular flexibility index (Phi) is 22.0. The second-order valence-corrected chi connectivity index (χ2v) is 12.3. The monoisotopic (exact) mass is 594 g/mol. The number of rotatable bonds is 22. The van der Waals surface area contributed by atoms with Gasteiger partial charge in [-0.25, -0.2) is 9.59 Å². The van der Waals surface area contributed by atoms with E-state index < -0.39 is 24.0 Å². The Bertz CT molecular complexity index is 696. The minimum atomic E-state index is -0.854. The number of likely N-dealkylation sites (tertiary alicyclic amines) is 2. The van der Waals surface area contributed by atoms with E-state index in [1.54, 1.807) is 9.80 Å². The summed E-state index contributed by atoms with van der Waals surface area (Å²) in [6.45, 7) is 5.69. The maximum absolute atomic E-state index is 12.0. The third-order valence-electron chi connectivity index (χ3n) is 8.70. The van der Waals surface area contributed by atoms with Crippen molar-refractivity contribution in [3.63, 3.8) is 0 Å². The predicted molar refractivity (Wildman–Crippen MR) is 168 cm³/mol. The Hall–Kier alpha value is -2.12. The maximum Gasteiger partial charge on any atom is 0.326 e. The second kappa shape index (κ2) is 24.3. The van der Waals surface area contributed by atoms with Gasteiger partial charge >= 0.3 is 11.9 Å².